The number of aromatic carboxylic acids is 1. The number of hydrogen-bond acceptors (Lipinski definition) is 3. The molecule has 110 valence electrons. The number of carboxylic acid groups (broad SMARTS) is 1. The summed E-state index contributed by atoms with van der Waals surface area (Å²) in [6, 6.07) is 12.4. The van der Waals surface area contributed by atoms with Crippen LogP contribution in [0.4, 0.5) is 0 Å². The molecule has 0 aromatic heterocycles. The van der Waals surface area contributed by atoms with Gasteiger partial charge in [-0.2, -0.15) is 0 Å². The van der Waals surface area contributed by atoms with Gasteiger partial charge in [0.15, 0.2) is 0 Å². The van der Waals surface area contributed by atoms with E-state index < -0.39 is 5.97 Å². The van der Waals surface area contributed by atoms with Crippen molar-refractivity contribution in [3.63, 3.8) is 0 Å². The van der Waals surface area contributed by atoms with Gasteiger partial charge in [-0.3, -0.25) is 0 Å². The second-order valence-electron chi connectivity index (χ2n) is 4.42. The standard InChI is InChI=1S/C16H15ClO4/c1-20-14-4-2-3-12(15(14)16(18)19)10-21-9-11-5-7-13(17)8-6-11/h2-8H,9-10H2,1H3,(H,18,19). The van der Waals surface area contributed by atoms with E-state index >= 15 is 0 Å². The van der Waals surface area contributed by atoms with Crippen molar-refractivity contribution in [2.75, 3.05) is 7.11 Å². The molecule has 0 aliphatic rings. The van der Waals surface area contributed by atoms with Crippen molar-refractivity contribution in [2.24, 2.45) is 0 Å². The molecular formula is C16H15ClO4. The lowest BCUT2D eigenvalue weighted by Gasteiger charge is -2.11. The van der Waals surface area contributed by atoms with E-state index in [9.17, 15) is 9.90 Å². The monoisotopic (exact) mass is 306 g/mol. The molecule has 2 rings (SSSR count). The van der Waals surface area contributed by atoms with Crippen LogP contribution in [0.2, 0.25) is 5.02 Å². The molecule has 21 heavy (non-hydrogen) atoms. The van der Waals surface area contributed by atoms with Gasteiger partial charge in [-0.05, 0) is 29.3 Å². The number of carboxylic acids is 1. The zero-order valence-electron chi connectivity index (χ0n) is 11.5. The maximum atomic E-state index is 11.3. The van der Waals surface area contributed by atoms with Crippen molar-refractivity contribution in [1.82, 2.24) is 0 Å². The summed E-state index contributed by atoms with van der Waals surface area (Å²) >= 11 is 5.81. The van der Waals surface area contributed by atoms with Crippen LogP contribution in [0.5, 0.6) is 5.75 Å². The first kappa shape index (κ1) is 15.4. The predicted molar refractivity (Wildman–Crippen MR) is 79.9 cm³/mol. The molecule has 0 atom stereocenters. The van der Waals surface area contributed by atoms with E-state index in [1.807, 2.05) is 12.1 Å². The van der Waals surface area contributed by atoms with E-state index in [1.54, 1.807) is 30.3 Å². The van der Waals surface area contributed by atoms with E-state index in [-0.39, 0.29) is 12.2 Å². The van der Waals surface area contributed by atoms with Crippen LogP contribution in [-0.2, 0) is 18.0 Å². The first-order valence-electron chi connectivity index (χ1n) is 6.33. The Hall–Kier alpha value is -2.04. The number of halogens is 1. The van der Waals surface area contributed by atoms with Crippen LogP contribution in [0.15, 0.2) is 42.5 Å². The fourth-order valence-corrected chi connectivity index (χ4v) is 2.10. The highest BCUT2D eigenvalue weighted by Gasteiger charge is 2.15. The van der Waals surface area contributed by atoms with Crippen LogP contribution in [-0.4, -0.2) is 18.2 Å². The number of benzene rings is 2. The average molecular weight is 307 g/mol. The van der Waals surface area contributed by atoms with Gasteiger partial charge in [0.2, 0.25) is 0 Å². The Labute approximate surface area is 127 Å². The maximum Gasteiger partial charge on any atom is 0.339 e. The lowest BCUT2D eigenvalue weighted by molar-refractivity contribution is 0.0680. The highest BCUT2D eigenvalue weighted by molar-refractivity contribution is 6.30. The molecule has 2 aromatic carbocycles. The molecule has 0 bridgehead atoms. The van der Waals surface area contributed by atoms with Crippen LogP contribution in [0.1, 0.15) is 21.5 Å². The van der Waals surface area contributed by atoms with Crippen LogP contribution < -0.4 is 4.74 Å². The number of methoxy groups -OCH3 is 1. The van der Waals surface area contributed by atoms with Crippen molar-refractivity contribution in [3.8, 4) is 5.75 Å². The summed E-state index contributed by atoms with van der Waals surface area (Å²) in [4.78, 5) is 11.3. The van der Waals surface area contributed by atoms with E-state index in [0.29, 0.717) is 22.9 Å². The quantitative estimate of drug-likeness (QED) is 0.882. The minimum atomic E-state index is -1.03. The first-order chi connectivity index (χ1) is 10.1. The summed E-state index contributed by atoms with van der Waals surface area (Å²) in [7, 11) is 1.44. The van der Waals surface area contributed by atoms with E-state index in [2.05, 4.69) is 0 Å². The third-order valence-corrected chi connectivity index (χ3v) is 3.24. The van der Waals surface area contributed by atoms with Crippen molar-refractivity contribution >= 4 is 17.6 Å². The fourth-order valence-electron chi connectivity index (χ4n) is 1.97. The summed E-state index contributed by atoms with van der Waals surface area (Å²) in [5.74, 6) is -0.701. The highest BCUT2D eigenvalue weighted by Crippen LogP contribution is 2.23. The minimum Gasteiger partial charge on any atom is -0.496 e. The molecule has 0 amide bonds. The van der Waals surface area contributed by atoms with E-state index in [1.165, 1.54) is 7.11 Å². The molecule has 2 aromatic rings. The molecular weight excluding hydrogens is 292 g/mol. The minimum absolute atomic E-state index is 0.135. The Bertz CT molecular complexity index is 623. The fraction of sp³-hybridized carbons (Fsp3) is 0.188. The number of rotatable bonds is 6. The van der Waals surface area contributed by atoms with Crippen LogP contribution in [0.25, 0.3) is 0 Å². The molecule has 0 spiro atoms. The molecule has 0 saturated heterocycles. The summed E-state index contributed by atoms with van der Waals surface area (Å²) < 4.78 is 10.6. The van der Waals surface area contributed by atoms with Gasteiger partial charge < -0.3 is 14.6 Å². The Morgan fingerprint density at radius 1 is 1.14 bits per heavy atom. The number of carbonyl (C=O) groups is 1. The SMILES string of the molecule is COc1cccc(COCc2ccc(Cl)cc2)c1C(=O)O. The molecule has 1 N–H and O–H groups in total. The summed E-state index contributed by atoms with van der Waals surface area (Å²) in [5.41, 5.74) is 1.69. The average Bonchev–Trinajstić information content (AvgIpc) is 2.48. The molecule has 4 nitrogen and oxygen atoms in total. The van der Waals surface area contributed by atoms with Gasteiger partial charge in [-0.1, -0.05) is 35.9 Å². The van der Waals surface area contributed by atoms with Gasteiger partial charge in [0, 0.05) is 5.02 Å². The van der Waals surface area contributed by atoms with Gasteiger partial charge in [-0.25, -0.2) is 4.79 Å². The maximum absolute atomic E-state index is 11.3. The molecule has 0 aliphatic carbocycles. The van der Waals surface area contributed by atoms with Gasteiger partial charge >= 0.3 is 5.97 Å². The topological polar surface area (TPSA) is 55.8 Å². The third kappa shape index (κ3) is 3.97. The lowest BCUT2D eigenvalue weighted by atomic mass is 10.1. The normalized spacial score (nSPS) is 10.4. The largest absolute Gasteiger partial charge is 0.496 e. The number of ether oxygens (including phenoxy) is 2. The molecule has 0 radical (unpaired) electrons. The molecule has 0 unspecified atom stereocenters. The van der Waals surface area contributed by atoms with Gasteiger partial charge in [0.25, 0.3) is 0 Å². The zero-order valence-corrected chi connectivity index (χ0v) is 12.3. The predicted octanol–water partition coefficient (Wildman–Crippen LogP) is 3.76. The van der Waals surface area contributed by atoms with Crippen molar-refractivity contribution < 1.29 is 19.4 Å². The van der Waals surface area contributed by atoms with E-state index in [0.717, 1.165) is 5.56 Å². The van der Waals surface area contributed by atoms with Crippen molar-refractivity contribution in [3.05, 3.63) is 64.2 Å². The first-order valence-corrected chi connectivity index (χ1v) is 6.71. The Morgan fingerprint density at radius 3 is 2.48 bits per heavy atom. The van der Waals surface area contributed by atoms with Gasteiger partial charge in [0.1, 0.15) is 11.3 Å². The smallest absolute Gasteiger partial charge is 0.339 e. The van der Waals surface area contributed by atoms with Gasteiger partial charge in [0.05, 0.1) is 20.3 Å². The number of hydrogen-bond donors (Lipinski definition) is 1. The van der Waals surface area contributed by atoms with Crippen molar-refractivity contribution in [2.45, 2.75) is 13.2 Å². The third-order valence-electron chi connectivity index (χ3n) is 2.99. The second kappa shape index (κ2) is 7.11. The molecule has 0 aliphatic heterocycles. The highest BCUT2D eigenvalue weighted by atomic mass is 35.5. The van der Waals surface area contributed by atoms with Crippen molar-refractivity contribution in [1.29, 1.82) is 0 Å². The summed E-state index contributed by atoms with van der Waals surface area (Å²) in [5, 5.41) is 9.94. The zero-order chi connectivity index (χ0) is 15.2. The second-order valence-corrected chi connectivity index (χ2v) is 4.86. The van der Waals surface area contributed by atoms with E-state index in [4.69, 9.17) is 21.1 Å². The van der Waals surface area contributed by atoms with Gasteiger partial charge in [-0.15, -0.1) is 0 Å². The molecule has 5 heteroatoms. The summed E-state index contributed by atoms with van der Waals surface area (Å²) in [6.07, 6.45) is 0. The van der Waals surface area contributed by atoms with Crippen LogP contribution in [0, 0.1) is 0 Å². The van der Waals surface area contributed by atoms with Crippen LogP contribution >= 0.6 is 11.6 Å². The Morgan fingerprint density at radius 2 is 1.86 bits per heavy atom. The van der Waals surface area contributed by atoms with Crippen LogP contribution in [0.3, 0.4) is 0 Å². The molecule has 0 fully saturated rings. The Kier molecular flexibility index (Phi) is 5.20. The Balaban J connectivity index is 2.06. The molecule has 0 saturated carbocycles. The summed E-state index contributed by atoms with van der Waals surface area (Å²) in [6.45, 7) is 0.578. The molecule has 0 heterocycles. The lowest BCUT2D eigenvalue weighted by Crippen LogP contribution is -2.07.